The Hall–Kier alpha value is -3.73. The van der Waals surface area contributed by atoms with E-state index in [4.69, 9.17) is 0 Å². The molecule has 1 heterocycles. The molecular weight excluding hydrogens is 378 g/mol. The SMILES string of the molecule is Cc1ccc(N2C(=O)[C@@H](C(=O)O)[C@H](C(=O)c3ccccc3)[C@H]2c2ccccc2)cc1. The summed E-state index contributed by atoms with van der Waals surface area (Å²) in [5, 5.41) is 9.92. The quantitative estimate of drug-likeness (QED) is 0.513. The van der Waals surface area contributed by atoms with Crippen LogP contribution < -0.4 is 4.90 Å². The number of aryl methyl sites for hydroxylation is 1. The van der Waals surface area contributed by atoms with Crippen molar-refractivity contribution in [1.82, 2.24) is 0 Å². The van der Waals surface area contributed by atoms with Crippen molar-refractivity contribution in [3.8, 4) is 0 Å². The lowest BCUT2D eigenvalue weighted by Gasteiger charge is -2.28. The second kappa shape index (κ2) is 7.95. The maximum absolute atomic E-state index is 13.5. The lowest BCUT2D eigenvalue weighted by molar-refractivity contribution is -0.146. The van der Waals surface area contributed by atoms with Gasteiger partial charge in [-0.1, -0.05) is 78.4 Å². The normalized spacial score (nSPS) is 20.9. The molecule has 30 heavy (non-hydrogen) atoms. The topological polar surface area (TPSA) is 74.7 Å². The first kappa shape index (κ1) is 19.6. The summed E-state index contributed by atoms with van der Waals surface area (Å²) < 4.78 is 0. The van der Waals surface area contributed by atoms with Crippen LogP contribution in [0, 0.1) is 18.8 Å². The van der Waals surface area contributed by atoms with E-state index in [-0.39, 0.29) is 5.78 Å². The number of anilines is 1. The Morgan fingerprint density at radius 2 is 1.40 bits per heavy atom. The van der Waals surface area contributed by atoms with Crippen molar-refractivity contribution in [3.05, 3.63) is 102 Å². The summed E-state index contributed by atoms with van der Waals surface area (Å²) in [6.07, 6.45) is 0. The van der Waals surface area contributed by atoms with E-state index in [1.54, 1.807) is 42.5 Å². The zero-order chi connectivity index (χ0) is 21.3. The van der Waals surface area contributed by atoms with Gasteiger partial charge in [0.1, 0.15) is 5.92 Å². The highest BCUT2D eigenvalue weighted by Gasteiger charge is 2.55. The number of benzene rings is 3. The van der Waals surface area contributed by atoms with E-state index in [1.807, 2.05) is 49.4 Å². The van der Waals surface area contributed by atoms with Crippen molar-refractivity contribution in [2.75, 3.05) is 4.90 Å². The molecule has 1 saturated heterocycles. The Morgan fingerprint density at radius 3 is 1.97 bits per heavy atom. The van der Waals surface area contributed by atoms with Gasteiger partial charge in [0, 0.05) is 11.3 Å². The fourth-order valence-corrected chi connectivity index (χ4v) is 4.13. The lowest BCUT2D eigenvalue weighted by atomic mass is 9.81. The monoisotopic (exact) mass is 399 g/mol. The Kier molecular flexibility index (Phi) is 5.19. The molecule has 1 aliphatic heterocycles. The summed E-state index contributed by atoms with van der Waals surface area (Å²) in [6, 6.07) is 24.3. The maximum atomic E-state index is 13.5. The summed E-state index contributed by atoms with van der Waals surface area (Å²) in [7, 11) is 0. The van der Waals surface area contributed by atoms with E-state index >= 15 is 0 Å². The third-order valence-corrected chi connectivity index (χ3v) is 5.56. The van der Waals surface area contributed by atoms with Gasteiger partial charge >= 0.3 is 5.97 Å². The Morgan fingerprint density at radius 1 is 0.833 bits per heavy atom. The van der Waals surface area contributed by atoms with Crippen molar-refractivity contribution >= 4 is 23.3 Å². The van der Waals surface area contributed by atoms with E-state index in [0.717, 1.165) is 11.1 Å². The largest absolute Gasteiger partial charge is 0.481 e. The van der Waals surface area contributed by atoms with Gasteiger partial charge in [-0.15, -0.1) is 0 Å². The summed E-state index contributed by atoms with van der Waals surface area (Å²) in [5.74, 6) is -4.70. The number of hydrogen-bond acceptors (Lipinski definition) is 3. The Labute approximate surface area is 174 Å². The minimum Gasteiger partial charge on any atom is -0.481 e. The van der Waals surface area contributed by atoms with E-state index in [0.29, 0.717) is 11.3 Å². The van der Waals surface area contributed by atoms with Crippen molar-refractivity contribution < 1.29 is 19.5 Å². The van der Waals surface area contributed by atoms with Crippen LogP contribution in [0.3, 0.4) is 0 Å². The number of carbonyl (C=O) groups excluding carboxylic acids is 2. The molecule has 0 radical (unpaired) electrons. The summed E-state index contributed by atoms with van der Waals surface area (Å²) in [6.45, 7) is 1.94. The molecule has 0 aliphatic carbocycles. The third kappa shape index (κ3) is 3.39. The number of carboxylic acids is 1. The number of carboxylic acid groups (broad SMARTS) is 1. The first-order valence-electron chi connectivity index (χ1n) is 9.76. The van der Waals surface area contributed by atoms with Gasteiger partial charge in [-0.25, -0.2) is 0 Å². The number of aliphatic carboxylic acids is 1. The average Bonchev–Trinajstić information content (AvgIpc) is 3.08. The highest BCUT2D eigenvalue weighted by Crippen LogP contribution is 2.46. The molecule has 3 aromatic rings. The molecular formula is C25H21NO4. The van der Waals surface area contributed by atoms with Crippen LogP contribution in [0.25, 0.3) is 0 Å². The minimum atomic E-state index is -1.45. The fraction of sp³-hybridized carbons (Fsp3) is 0.160. The highest BCUT2D eigenvalue weighted by atomic mass is 16.4. The first-order valence-corrected chi connectivity index (χ1v) is 9.76. The molecule has 3 atom stereocenters. The predicted octanol–water partition coefficient (Wildman–Crippen LogP) is 4.28. The first-order chi connectivity index (χ1) is 14.5. The number of carbonyl (C=O) groups is 3. The molecule has 1 fully saturated rings. The molecule has 3 aromatic carbocycles. The number of hydrogen-bond donors (Lipinski definition) is 1. The number of Topliss-reactive ketones (excluding diaryl/α,β-unsaturated/α-hetero) is 1. The van der Waals surface area contributed by atoms with Crippen LogP contribution in [-0.4, -0.2) is 22.8 Å². The standard InChI is InChI=1S/C25H21NO4/c1-16-12-14-19(15-13-16)26-22(17-8-4-2-5-9-17)20(21(24(26)28)25(29)30)23(27)18-10-6-3-7-11-18/h2-15,20-22H,1H3,(H,29,30)/t20-,21-,22+/m0/s1. The molecule has 1 amide bonds. The summed E-state index contributed by atoms with van der Waals surface area (Å²) >= 11 is 0. The van der Waals surface area contributed by atoms with Gasteiger partial charge in [0.05, 0.1) is 12.0 Å². The summed E-state index contributed by atoms with van der Waals surface area (Å²) in [5.41, 5.74) is 2.72. The van der Waals surface area contributed by atoms with Gasteiger partial charge < -0.3 is 10.0 Å². The molecule has 0 unspecified atom stereocenters. The highest BCUT2D eigenvalue weighted by molar-refractivity contribution is 6.15. The van der Waals surface area contributed by atoms with E-state index in [9.17, 15) is 19.5 Å². The fourth-order valence-electron chi connectivity index (χ4n) is 4.13. The van der Waals surface area contributed by atoms with Crippen LogP contribution in [0.5, 0.6) is 0 Å². The van der Waals surface area contributed by atoms with Gasteiger partial charge in [-0.2, -0.15) is 0 Å². The Balaban J connectivity index is 1.90. The molecule has 0 aromatic heterocycles. The van der Waals surface area contributed by atoms with Gasteiger partial charge in [0.25, 0.3) is 0 Å². The number of rotatable bonds is 5. The minimum absolute atomic E-state index is 0.347. The second-order valence-electron chi connectivity index (χ2n) is 7.47. The number of amides is 1. The maximum Gasteiger partial charge on any atom is 0.316 e. The average molecular weight is 399 g/mol. The number of ketones is 1. The van der Waals surface area contributed by atoms with Crippen LogP contribution in [0.15, 0.2) is 84.9 Å². The van der Waals surface area contributed by atoms with E-state index in [1.165, 1.54) is 4.90 Å². The third-order valence-electron chi connectivity index (χ3n) is 5.56. The molecule has 0 bridgehead atoms. The van der Waals surface area contributed by atoms with Crippen LogP contribution in [0.4, 0.5) is 5.69 Å². The molecule has 4 rings (SSSR count). The second-order valence-corrected chi connectivity index (χ2v) is 7.47. The van der Waals surface area contributed by atoms with Crippen molar-refractivity contribution in [3.63, 3.8) is 0 Å². The molecule has 150 valence electrons. The summed E-state index contributed by atoms with van der Waals surface area (Å²) in [4.78, 5) is 40.5. The van der Waals surface area contributed by atoms with Gasteiger partial charge in [-0.3, -0.25) is 14.4 Å². The van der Waals surface area contributed by atoms with Crippen molar-refractivity contribution in [2.45, 2.75) is 13.0 Å². The molecule has 0 spiro atoms. The predicted molar refractivity (Wildman–Crippen MR) is 113 cm³/mol. The van der Waals surface area contributed by atoms with Gasteiger partial charge in [0.15, 0.2) is 5.78 Å². The zero-order valence-electron chi connectivity index (χ0n) is 16.4. The number of nitrogens with zero attached hydrogens (tertiary/aromatic N) is 1. The van der Waals surface area contributed by atoms with Gasteiger partial charge in [-0.05, 0) is 24.6 Å². The van der Waals surface area contributed by atoms with E-state index < -0.39 is 29.8 Å². The van der Waals surface area contributed by atoms with Gasteiger partial charge in [0.2, 0.25) is 5.91 Å². The van der Waals surface area contributed by atoms with E-state index in [2.05, 4.69) is 0 Å². The zero-order valence-corrected chi connectivity index (χ0v) is 16.4. The van der Waals surface area contributed by atoms with Crippen LogP contribution in [0.1, 0.15) is 27.5 Å². The van der Waals surface area contributed by atoms with Crippen LogP contribution in [-0.2, 0) is 9.59 Å². The lowest BCUT2D eigenvalue weighted by Crippen LogP contribution is -2.32. The molecule has 1 N–H and O–H groups in total. The Bertz CT molecular complexity index is 1080. The molecule has 5 nitrogen and oxygen atoms in total. The molecule has 0 saturated carbocycles. The molecule has 1 aliphatic rings. The molecule has 5 heteroatoms. The van der Waals surface area contributed by atoms with Crippen molar-refractivity contribution in [2.24, 2.45) is 11.8 Å². The smallest absolute Gasteiger partial charge is 0.316 e. The van der Waals surface area contributed by atoms with Crippen molar-refractivity contribution in [1.29, 1.82) is 0 Å². The van der Waals surface area contributed by atoms with Crippen LogP contribution in [0.2, 0.25) is 0 Å². The van der Waals surface area contributed by atoms with Crippen LogP contribution >= 0.6 is 0 Å².